The normalized spacial score (nSPS) is 10.7. The van der Waals surface area contributed by atoms with E-state index in [2.05, 4.69) is 20.6 Å². The molecule has 3 aromatic rings. The number of aryl methyl sites for hydroxylation is 1. The molecule has 0 saturated heterocycles. The molecule has 2 heterocycles. The predicted octanol–water partition coefficient (Wildman–Crippen LogP) is 1.64. The second-order valence-corrected chi connectivity index (χ2v) is 5.60. The highest BCUT2D eigenvalue weighted by Gasteiger charge is 2.15. The molecule has 25 heavy (non-hydrogen) atoms. The summed E-state index contributed by atoms with van der Waals surface area (Å²) in [5, 5.41) is 13.1. The van der Waals surface area contributed by atoms with Crippen molar-refractivity contribution in [1.82, 2.24) is 25.3 Å². The van der Waals surface area contributed by atoms with E-state index in [0.717, 1.165) is 0 Å². The molecule has 0 atom stereocenters. The van der Waals surface area contributed by atoms with Crippen LogP contribution in [0, 0.1) is 19.7 Å². The maximum absolute atomic E-state index is 13.6. The molecule has 1 amide bonds. The molecule has 2 N–H and O–H groups in total. The zero-order chi connectivity index (χ0) is 18.0. The van der Waals surface area contributed by atoms with Crippen molar-refractivity contribution in [2.24, 2.45) is 0 Å². The number of aromatic amines is 1. The number of carbonyl (C=O) groups is 1. The molecular weight excluding hydrogens is 325 g/mol. The van der Waals surface area contributed by atoms with Crippen LogP contribution >= 0.6 is 0 Å². The number of nitrogens with one attached hydrogen (secondary N) is 2. The summed E-state index contributed by atoms with van der Waals surface area (Å²) >= 11 is 0. The molecule has 0 fully saturated rings. The van der Waals surface area contributed by atoms with Gasteiger partial charge in [0.1, 0.15) is 5.82 Å². The van der Waals surface area contributed by atoms with Crippen LogP contribution in [0.1, 0.15) is 27.2 Å². The Balaban J connectivity index is 1.75. The second-order valence-electron chi connectivity index (χ2n) is 5.60. The lowest BCUT2D eigenvalue weighted by atomic mass is 10.1. The fraction of sp³-hybridized carbons (Fsp3) is 0.176. The molecule has 8 heteroatoms. The Hall–Kier alpha value is -3.29. The standard InChI is InChI=1S/C17H16FN5O2/c1-10-3-4-12(7-14(10)18)8-19-17(25)13-9-20-23(11(13)2)15-5-6-16(24)22-21-15/h3-7,9H,8H2,1-2H3,(H,19,25)(H,22,24). The van der Waals surface area contributed by atoms with Crippen molar-refractivity contribution in [3.8, 4) is 5.82 Å². The van der Waals surface area contributed by atoms with E-state index in [9.17, 15) is 14.0 Å². The summed E-state index contributed by atoms with van der Waals surface area (Å²) in [6.45, 7) is 3.61. The second kappa shape index (κ2) is 6.68. The Morgan fingerprint density at radius 2 is 2.08 bits per heavy atom. The summed E-state index contributed by atoms with van der Waals surface area (Å²) in [6, 6.07) is 7.67. The van der Waals surface area contributed by atoms with Crippen LogP contribution in [0.25, 0.3) is 5.82 Å². The zero-order valence-electron chi connectivity index (χ0n) is 13.7. The largest absolute Gasteiger partial charge is 0.348 e. The minimum atomic E-state index is -0.325. The van der Waals surface area contributed by atoms with Gasteiger partial charge in [0.25, 0.3) is 11.5 Å². The van der Waals surface area contributed by atoms with Crippen molar-refractivity contribution in [2.45, 2.75) is 20.4 Å². The van der Waals surface area contributed by atoms with Crippen molar-refractivity contribution in [3.05, 3.63) is 75.1 Å². The number of amides is 1. The predicted molar refractivity (Wildman–Crippen MR) is 89.0 cm³/mol. The molecule has 0 aliphatic heterocycles. The van der Waals surface area contributed by atoms with Crippen LogP contribution in [0.3, 0.4) is 0 Å². The van der Waals surface area contributed by atoms with Crippen LogP contribution in [0.5, 0.6) is 0 Å². The highest BCUT2D eigenvalue weighted by Crippen LogP contribution is 2.12. The minimum absolute atomic E-state index is 0.206. The van der Waals surface area contributed by atoms with Gasteiger partial charge in [-0.3, -0.25) is 9.59 Å². The molecular formula is C17H16FN5O2. The number of halogens is 1. The molecule has 1 aromatic carbocycles. The van der Waals surface area contributed by atoms with E-state index in [1.807, 2.05) is 0 Å². The highest BCUT2D eigenvalue weighted by atomic mass is 19.1. The number of rotatable bonds is 4. The van der Waals surface area contributed by atoms with Gasteiger partial charge in [-0.2, -0.15) is 10.2 Å². The molecule has 0 spiro atoms. The summed E-state index contributed by atoms with van der Waals surface area (Å²) in [5.41, 5.74) is 1.86. The van der Waals surface area contributed by atoms with Crippen LogP contribution in [0.2, 0.25) is 0 Å². The van der Waals surface area contributed by atoms with E-state index in [1.54, 1.807) is 26.0 Å². The number of hydrogen-bond donors (Lipinski definition) is 2. The van der Waals surface area contributed by atoms with Gasteiger partial charge in [0.2, 0.25) is 0 Å². The molecule has 3 rings (SSSR count). The number of carbonyl (C=O) groups excluding carboxylic acids is 1. The lowest BCUT2D eigenvalue weighted by Crippen LogP contribution is -2.23. The monoisotopic (exact) mass is 341 g/mol. The third-order valence-electron chi connectivity index (χ3n) is 3.83. The number of nitrogens with zero attached hydrogens (tertiary/aromatic N) is 3. The average Bonchev–Trinajstić information content (AvgIpc) is 2.98. The highest BCUT2D eigenvalue weighted by molar-refractivity contribution is 5.95. The van der Waals surface area contributed by atoms with Crippen molar-refractivity contribution in [1.29, 1.82) is 0 Å². The Labute approximate surface area is 142 Å². The first-order chi connectivity index (χ1) is 12.0. The van der Waals surface area contributed by atoms with Crippen molar-refractivity contribution < 1.29 is 9.18 Å². The van der Waals surface area contributed by atoms with Gasteiger partial charge < -0.3 is 5.32 Å². The Kier molecular flexibility index (Phi) is 4.42. The molecule has 0 saturated carbocycles. The Morgan fingerprint density at radius 1 is 1.28 bits per heavy atom. The lowest BCUT2D eigenvalue weighted by molar-refractivity contribution is 0.0950. The van der Waals surface area contributed by atoms with Crippen LogP contribution in [-0.2, 0) is 6.54 Å². The topological polar surface area (TPSA) is 92.7 Å². The molecule has 0 radical (unpaired) electrons. The van der Waals surface area contributed by atoms with Gasteiger partial charge in [0, 0.05) is 12.6 Å². The summed E-state index contributed by atoms with van der Waals surface area (Å²) in [6.07, 6.45) is 1.42. The molecule has 0 aliphatic rings. The van der Waals surface area contributed by atoms with Gasteiger partial charge in [-0.25, -0.2) is 14.2 Å². The maximum atomic E-state index is 13.6. The van der Waals surface area contributed by atoms with Gasteiger partial charge in [-0.1, -0.05) is 12.1 Å². The quantitative estimate of drug-likeness (QED) is 0.754. The third-order valence-corrected chi connectivity index (χ3v) is 3.83. The third kappa shape index (κ3) is 3.47. The van der Waals surface area contributed by atoms with Crippen LogP contribution in [0.15, 0.2) is 41.3 Å². The Bertz CT molecular complexity index is 972. The molecule has 7 nitrogen and oxygen atoms in total. The van der Waals surface area contributed by atoms with Crippen LogP contribution < -0.4 is 10.9 Å². The van der Waals surface area contributed by atoms with Crippen LogP contribution in [-0.4, -0.2) is 25.9 Å². The number of benzene rings is 1. The molecule has 0 aliphatic carbocycles. The first kappa shape index (κ1) is 16.6. The first-order valence-corrected chi connectivity index (χ1v) is 7.59. The van der Waals surface area contributed by atoms with Crippen molar-refractivity contribution in [3.63, 3.8) is 0 Å². The number of H-pyrrole nitrogens is 1. The van der Waals surface area contributed by atoms with E-state index in [4.69, 9.17) is 0 Å². The van der Waals surface area contributed by atoms with E-state index in [-0.39, 0.29) is 23.8 Å². The smallest absolute Gasteiger partial charge is 0.264 e. The van der Waals surface area contributed by atoms with Gasteiger partial charge in [0.15, 0.2) is 5.82 Å². The van der Waals surface area contributed by atoms with Gasteiger partial charge in [-0.15, -0.1) is 0 Å². The fourth-order valence-corrected chi connectivity index (χ4v) is 2.34. The minimum Gasteiger partial charge on any atom is -0.348 e. The first-order valence-electron chi connectivity index (χ1n) is 7.59. The summed E-state index contributed by atoms with van der Waals surface area (Å²) in [7, 11) is 0. The van der Waals surface area contributed by atoms with Crippen molar-refractivity contribution in [2.75, 3.05) is 0 Å². The Morgan fingerprint density at radius 3 is 2.76 bits per heavy atom. The van der Waals surface area contributed by atoms with Crippen molar-refractivity contribution >= 4 is 5.91 Å². The van der Waals surface area contributed by atoms with E-state index in [1.165, 1.54) is 29.1 Å². The fourth-order valence-electron chi connectivity index (χ4n) is 2.34. The summed E-state index contributed by atoms with van der Waals surface area (Å²) < 4.78 is 15.0. The van der Waals surface area contributed by atoms with Gasteiger partial charge >= 0.3 is 0 Å². The summed E-state index contributed by atoms with van der Waals surface area (Å²) in [5.74, 6) is -0.231. The van der Waals surface area contributed by atoms with Gasteiger partial charge in [-0.05, 0) is 37.1 Å². The summed E-state index contributed by atoms with van der Waals surface area (Å²) in [4.78, 5) is 23.4. The lowest BCUT2D eigenvalue weighted by Gasteiger charge is -2.07. The zero-order valence-corrected chi connectivity index (χ0v) is 13.7. The molecule has 128 valence electrons. The molecule has 0 unspecified atom stereocenters. The SMILES string of the molecule is Cc1ccc(CNC(=O)c2cnn(-c3ccc(=O)[nH]n3)c2C)cc1F. The van der Waals surface area contributed by atoms with E-state index < -0.39 is 0 Å². The maximum Gasteiger partial charge on any atom is 0.264 e. The van der Waals surface area contributed by atoms with E-state index in [0.29, 0.717) is 28.2 Å². The molecule has 2 aromatic heterocycles. The number of hydrogen-bond acceptors (Lipinski definition) is 4. The number of aromatic nitrogens is 4. The van der Waals surface area contributed by atoms with Gasteiger partial charge in [0.05, 0.1) is 17.5 Å². The van der Waals surface area contributed by atoms with E-state index >= 15 is 0 Å². The molecule has 0 bridgehead atoms. The van der Waals surface area contributed by atoms with Crippen LogP contribution in [0.4, 0.5) is 4.39 Å². The average molecular weight is 341 g/mol.